The molecule has 0 heterocycles. The normalized spacial score (nSPS) is 10.3. The highest BCUT2D eigenvalue weighted by atomic mass is 127. The molecule has 3 nitrogen and oxygen atoms in total. The van der Waals surface area contributed by atoms with E-state index in [9.17, 15) is 4.79 Å². The van der Waals surface area contributed by atoms with Crippen LogP contribution in [0.15, 0.2) is 42.5 Å². The Labute approximate surface area is 132 Å². The minimum absolute atomic E-state index is 0.104. The van der Waals surface area contributed by atoms with Gasteiger partial charge >= 0.3 is 0 Å². The van der Waals surface area contributed by atoms with Crippen molar-refractivity contribution >= 4 is 34.2 Å². The third-order valence-corrected chi connectivity index (χ3v) is 3.61. The summed E-state index contributed by atoms with van der Waals surface area (Å²) < 4.78 is 6.23. The molecule has 0 spiro atoms. The first-order chi connectivity index (χ1) is 9.60. The van der Waals surface area contributed by atoms with Gasteiger partial charge in [-0.25, -0.2) is 0 Å². The molecule has 4 heteroatoms. The molecule has 0 aromatic heterocycles. The van der Waals surface area contributed by atoms with Crippen molar-refractivity contribution in [3.8, 4) is 0 Å². The van der Waals surface area contributed by atoms with Crippen LogP contribution in [-0.4, -0.2) is 13.0 Å². The van der Waals surface area contributed by atoms with Gasteiger partial charge in [-0.05, 0) is 71.0 Å². The summed E-state index contributed by atoms with van der Waals surface area (Å²) in [6.07, 6.45) is 0. The van der Waals surface area contributed by atoms with Crippen molar-refractivity contribution in [3.63, 3.8) is 0 Å². The maximum Gasteiger partial charge on any atom is 0.255 e. The predicted molar refractivity (Wildman–Crippen MR) is 89.0 cm³/mol. The number of halogens is 1. The molecule has 20 heavy (non-hydrogen) atoms. The quantitative estimate of drug-likeness (QED) is 0.814. The van der Waals surface area contributed by atoms with Gasteiger partial charge < -0.3 is 10.1 Å². The molecule has 0 radical (unpaired) electrons. The average molecular weight is 381 g/mol. The molecule has 0 unspecified atom stereocenters. The maximum atomic E-state index is 12.3. The van der Waals surface area contributed by atoms with E-state index in [1.165, 1.54) is 0 Å². The van der Waals surface area contributed by atoms with Gasteiger partial charge in [0.1, 0.15) is 0 Å². The molecule has 0 aliphatic carbocycles. The van der Waals surface area contributed by atoms with Crippen molar-refractivity contribution in [2.24, 2.45) is 0 Å². The lowest BCUT2D eigenvalue weighted by atomic mass is 10.1. The number of aryl methyl sites for hydroxylation is 1. The Hall–Kier alpha value is -1.40. The van der Waals surface area contributed by atoms with E-state index < -0.39 is 0 Å². The van der Waals surface area contributed by atoms with Crippen molar-refractivity contribution in [1.29, 1.82) is 0 Å². The van der Waals surface area contributed by atoms with Crippen LogP contribution in [0.2, 0.25) is 0 Å². The molecule has 104 valence electrons. The monoisotopic (exact) mass is 381 g/mol. The molecule has 0 atom stereocenters. The number of hydrogen-bond acceptors (Lipinski definition) is 2. The Bertz CT molecular complexity index is 626. The largest absolute Gasteiger partial charge is 0.380 e. The molecule has 0 saturated carbocycles. The van der Waals surface area contributed by atoms with Gasteiger partial charge in [-0.3, -0.25) is 4.79 Å². The first-order valence-electron chi connectivity index (χ1n) is 6.25. The highest BCUT2D eigenvalue weighted by molar-refractivity contribution is 14.1. The summed E-state index contributed by atoms with van der Waals surface area (Å²) in [6, 6.07) is 13.4. The zero-order chi connectivity index (χ0) is 14.5. The van der Waals surface area contributed by atoms with Gasteiger partial charge in [-0.15, -0.1) is 0 Å². The standard InChI is InChI=1S/C16H16INO2/c1-11-8-14(17)6-7-15(11)18-16(19)13-5-3-4-12(9-13)10-20-2/h3-9H,10H2,1-2H3,(H,18,19). The van der Waals surface area contributed by atoms with Crippen LogP contribution in [0.25, 0.3) is 0 Å². The van der Waals surface area contributed by atoms with Crippen LogP contribution >= 0.6 is 22.6 Å². The van der Waals surface area contributed by atoms with E-state index in [2.05, 4.69) is 27.9 Å². The lowest BCUT2D eigenvalue weighted by molar-refractivity contribution is 0.102. The maximum absolute atomic E-state index is 12.3. The fourth-order valence-corrected chi connectivity index (χ4v) is 2.58. The number of ether oxygens (including phenoxy) is 1. The highest BCUT2D eigenvalue weighted by Gasteiger charge is 2.08. The summed E-state index contributed by atoms with van der Waals surface area (Å²) in [6.45, 7) is 2.49. The van der Waals surface area contributed by atoms with Crippen molar-refractivity contribution in [3.05, 3.63) is 62.7 Å². The summed E-state index contributed by atoms with van der Waals surface area (Å²) in [4.78, 5) is 12.3. The zero-order valence-electron chi connectivity index (χ0n) is 11.4. The second-order valence-corrected chi connectivity index (χ2v) is 5.79. The second-order valence-electron chi connectivity index (χ2n) is 4.55. The molecule has 0 bridgehead atoms. The molecule has 0 saturated heterocycles. The lowest BCUT2D eigenvalue weighted by Gasteiger charge is -2.09. The zero-order valence-corrected chi connectivity index (χ0v) is 13.6. The number of amides is 1. The van der Waals surface area contributed by atoms with E-state index >= 15 is 0 Å². The molecule has 0 aliphatic heterocycles. The molecular weight excluding hydrogens is 365 g/mol. The van der Waals surface area contributed by atoms with Crippen LogP contribution < -0.4 is 5.32 Å². The molecule has 2 rings (SSSR count). The number of anilines is 1. The van der Waals surface area contributed by atoms with Crippen LogP contribution in [0.1, 0.15) is 21.5 Å². The Morgan fingerprint density at radius 1 is 1.25 bits per heavy atom. The van der Waals surface area contributed by atoms with Crippen LogP contribution in [0, 0.1) is 10.5 Å². The number of hydrogen-bond donors (Lipinski definition) is 1. The highest BCUT2D eigenvalue weighted by Crippen LogP contribution is 2.19. The number of nitrogens with one attached hydrogen (secondary N) is 1. The van der Waals surface area contributed by atoms with E-state index in [-0.39, 0.29) is 5.91 Å². The summed E-state index contributed by atoms with van der Waals surface area (Å²) in [5, 5.41) is 2.94. The summed E-state index contributed by atoms with van der Waals surface area (Å²) >= 11 is 2.25. The molecule has 1 N–H and O–H groups in total. The molecular formula is C16H16INO2. The molecule has 0 aliphatic rings. The third kappa shape index (κ3) is 3.80. The Morgan fingerprint density at radius 3 is 2.75 bits per heavy atom. The van der Waals surface area contributed by atoms with Gasteiger partial charge in [0.2, 0.25) is 0 Å². The predicted octanol–water partition coefficient (Wildman–Crippen LogP) is 4.00. The van der Waals surface area contributed by atoms with Gasteiger partial charge in [0.15, 0.2) is 0 Å². The first-order valence-corrected chi connectivity index (χ1v) is 7.33. The Morgan fingerprint density at radius 2 is 2.05 bits per heavy atom. The average Bonchev–Trinajstić information content (AvgIpc) is 2.42. The van der Waals surface area contributed by atoms with E-state index in [1.54, 1.807) is 13.2 Å². The molecule has 1 amide bonds. The Balaban J connectivity index is 2.17. The minimum atomic E-state index is -0.104. The SMILES string of the molecule is COCc1cccc(C(=O)Nc2ccc(I)cc2C)c1. The van der Waals surface area contributed by atoms with Crippen LogP contribution in [0.4, 0.5) is 5.69 Å². The fraction of sp³-hybridized carbons (Fsp3) is 0.188. The first kappa shape index (κ1) is 15.0. The van der Waals surface area contributed by atoms with Gasteiger partial charge in [-0.2, -0.15) is 0 Å². The summed E-state index contributed by atoms with van der Waals surface area (Å²) in [7, 11) is 1.64. The van der Waals surface area contributed by atoms with Gasteiger partial charge in [-0.1, -0.05) is 12.1 Å². The van der Waals surface area contributed by atoms with Gasteiger partial charge in [0.25, 0.3) is 5.91 Å². The topological polar surface area (TPSA) is 38.3 Å². The van der Waals surface area contributed by atoms with E-state index in [4.69, 9.17) is 4.74 Å². The van der Waals surface area contributed by atoms with Crippen molar-refractivity contribution < 1.29 is 9.53 Å². The molecule has 2 aromatic carbocycles. The van der Waals surface area contributed by atoms with E-state index in [0.717, 1.165) is 20.4 Å². The fourth-order valence-electron chi connectivity index (χ4n) is 1.93. The number of rotatable bonds is 4. The van der Waals surface area contributed by atoms with Crippen LogP contribution in [-0.2, 0) is 11.3 Å². The van der Waals surface area contributed by atoms with Crippen LogP contribution in [0.5, 0.6) is 0 Å². The number of carbonyl (C=O) groups is 1. The summed E-state index contributed by atoms with van der Waals surface area (Å²) in [5.41, 5.74) is 3.52. The lowest BCUT2D eigenvalue weighted by Crippen LogP contribution is -2.13. The third-order valence-electron chi connectivity index (χ3n) is 2.94. The second kappa shape index (κ2) is 6.85. The number of carbonyl (C=O) groups excluding carboxylic acids is 1. The molecule has 2 aromatic rings. The molecule has 0 fully saturated rings. The Kier molecular flexibility index (Phi) is 5.14. The number of methoxy groups -OCH3 is 1. The van der Waals surface area contributed by atoms with Crippen molar-refractivity contribution in [2.75, 3.05) is 12.4 Å². The van der Waals surface area contributed by atoms with Crippen molar-refractivity contribution in [1.82, 2.24) is 0 Å². The van der Waals surface area contributed by atoms with Gasteiger partial charge in [0, 0.05) is 21.9 Å². The number of benzene rings is 2. The summed E-state index contributed by atoms with van der Waals surface area (Å²) in [5.74, 6) is -0.104. The van der Waals surface area contributed by atoms with Gasteiger partial charge in [0.05, 0.1) is 6.61 Å². The van der Waals surface area contributed by atoms with Crippen LogP contribution in [0.3, 0.4) is 0 Å². The van der Waals surface area contributed by atoms with Crippen molar-refractivity contribution in [2.45, 2.75) is 13.5 Å². The minimum Gasteiger partial charge on any atom is -0.380 e. The van der Waals surface area contributed by atoms with E-state index in [1.807, 2.05) is 43.3 Å². The van der Waals surface area contributed by atoms with E-state index in [0.29, 0.717) is 12.2 Å². The smallest absolute Gasteiger partial charge is 0.255 e.